The molecule has 0 radical (unpaired) electrons. The Hall–Kier alpha value is -1.14. The molecule has 2 unspecified atom stereocenters. The lowest BCUT2D eigenvalue weighted by molar-refractivity contribution is -0.0894. The molecule has 1 saturated heterocycles. The number of nitrogens with zero attached hydrogens (tertiary/aromatic N) is 2. The summed E-state index contributed by atoms with van der Waals surface area (Å²) in [5, 5.41) is 8.97. The van der Waals surface area contributed by atoms with E-state index in [0.717, 1.165) is 10.8 Å². The van der Waals surface area contributed by atoms with Crippen LogP contribution in [0.5, 0.6) is 0 Å². The summed E-state index contributed by atoms with van der Waals surface area (Å²) in [6.07, 6.45) is 3.19. The number of rotatable bonds is 8. The standard InChI is InChI=1S/C11H15ClN3O13P3/c1-2-11(5-25-30(21,22)28-31(23,24)27-29(18,19)20)8(16)7(12)9(26-11)15-4-3-6(13)14-10(15)17/h1,3-4,7-9,16H,5H2,(H,21,22)(H,23,24)(H2,13,14,17)(H2,18,19,20)/t7-,8+,9-,11-/m1/s1. The normalized spacial score (nSPS) is 30.3. The van der Waals surface area contributed by atoms with E-state index in [1.54, 1.807) is 0 Å². The Balaban J connectivity index is 2.21. The van der Waals surface area contributed by atoms with Gasteiger partial charge < -0.3 is 35.2 Å². The second kappa shape index (κ2) is 9.01. The smallest absolute Gasteiger partial charge is 0.387 e. The van der Waals surface area contributed by atoms with Crippen LogP contribution in [0.3, 0.4) is 0 Å². The van der Waals surface area contributed by atoms with Crippen LogP contribution in [-0.4, -0.2) is 57.9 Å². The number of nitrogen functional groups attached to an aromatic ring is 1. The Morgan fingerprint density at radius 1 is 1.29 bits per heavy atom. The highest BCUT2D eigenvalue weighted by Crippen LogP contribution is 2.66. The van der Waals surface area contributed by atoms with Gasteiger partial charge in [-0.3, -0.25) is 9.09 Å². The van der Waals surface area contributed by atoms with Crippen molar-refractivity contribution in [2.45, 2.75) is 23.3 Å². The third-order valence-electron chi connectivity index (χ3n) is 3.61. The van der Waals surface area contributed by atoms with Crippen molar-refractivity contribution >= 4 is 40.9 Å². The van der Waals surface area contributed by atoms with Gasteiger partial charge in [-0.05, 0) is 6.07 Å². The SMILES string of the molecule is C#C[C@]1(COP(=O)(O)OP(=O)(O)OP(=O)(O)O)O[C@@H](n2ccc(N)nc2=O)[C@H](Cl)[C@@H]1O. The molecule has 0 saturated carbocycles. The molecule has 1 aromatic heterocycles. The molecule has 174 valence electrons. The van der Waals surface area contributed by atoms with Crippen molar-refractivity contribution in [3.05, 3.63) is 22.7 Å². The highest BCUT2D eigenvalue weighted by Gasteiger charge is 2.56. The summed E-state index contributed by atoms with van der Waals surface area (Å²) in [5.41, 5.74) is 2.17. The largest absolute Gasteiger partial charge is 0.490 e. The number of hydrogen-bond acceptors (Lipinski definition) is 11. The quantitative estimate of drug-likeness (QED) is 0.136. The molecule has 0 spiro atoms. The van der Waals surface area contributed by atoms with Gasteiger partial charge in [0.25, 0.3) is 0 Å². The lowest BCUT2D eigenvalue weighted by Gasteiger charge is -2.27. The van der Waals surface area contributed by atoms with Gasteiger partial charge in [0.05, 0.1) is 0 Å². The number of aromatic nitrogens is 2. The average molecular weight is 526 g/mol. The molecule has 0 amide bonds. The maximum absolute atomic E-state index is 12.0. The lowest BCUT2D eigenvalue weighted by atomic mass is 9.99. The van der Waals surface area contributed by atoms with Crippen molar-refractivity contribution in [2.24, 2.45) is 0 Å². The van der Waals surface area contributed by atoms with Crippen LogP contribution in [0, 0.1) is 12.3 Å². The summed E-state index contributed by atoms with van der Waals surface area (Å²) < 4.78 is 51.7. The molecule has 1 aromatic rings. The molecular formula is C11H15ClN3O13P3. The van der Waals surface area contributed by atoms with E-state index in [4.69, 9.17) is 43.2 Å². The second-order valence-electron chi connectivity index (χ2n) is 5.84. The molecule has 1 aliphatic rings. The number of terminal acetylenes is 1. The summed E-state index contributed by atoms with van der Waals surface area (Å²) in [4.78, 5) is 51.1. The maximum Gasteiger partial charge on any atom is 0.490 e. The van der Waals surface area contributed by atoms with Gasteiger partial charge in [0.1, 0.15) is 23.9 Å². The van der Waals surface area contributed by atoms with E-state index < -0.39 is 59.1 Å². The van der Waals surface area contributed by atoms with Crippen LogP contribution in [0.4, 0.5) is 5.82 Å². The van der Waals surface area contributed by atoms with Crippen LogP contribution in [-0.2, 0) is 31.6 Å². The van der Waals surface area contributed by atoms with Crippen LogP contribution in [0.25, 0.3) is 0 Å². The topological polar surface area (TPSA) is 250 Å². The first kappa shape index (κ1) is 26.1. The number of halogens is 1. The third kappa shape index (κ3) is 6.44. The molecule has 20 heteroatoms. The zero-order valence-corrected chi connectivity index (χ0v) is 18.3. The molecule has 1 aliphatic heterocycles. The number of aliphatic hydroxyl groups excluding tert-OH is 1. The van der Waals surface area contributed by atoms with E-state index >= 15 is 0 Å². The number of alkyl halides is 1. The van der Waals surface area contributed by atoms with Gasteiger partial charge in [0.2, 0.25) is 0 Å². The Bertz CT molecular complexity index is 1080. The first-order valence-electron chi connectivity index (χ1n) is 7.62. The zero-order chi connectivity index (χ0) is 23.8. The molecule has 16 nitrogen and oxygen atoms in total. The fourth-order valence-corrected chi connectivity index (χ4v) is 5.78. The number of hydrogen-bond donors (Lipinski definition) is 6. The maximum atomic E-state index is 12.0. The van der Waals surface area contributed by atoms with E-state index in [2.05, 4.69) is 18.1 Å². The lowest BCUT2D eigenvalue weighted by Crippen LogP contribution is -2.44. The molecule has 2 rings (SSSR count). The second-order valence-corrected chi connectivity index (χ2v) is 10.8. The fourth-order valence-electron chi connectivity index (χ4n) is 2.35. The fraction of sp³-hybridized carbons (Fsp3) is 0.455. The van der Waals surface area contributed by atoms with Crippen LogP contribution < -0.4 is 11.4 Å². The van der Waals surface area contributed by atoms with Crippen molar-refractivity contribution in [3.63, 3.8) is 0 Å². The average Bonchev–Trinajstić information content (AvgIpc) is 2.82. The molecule has 2 heterocycles. The molecule has 0 bridgehead atoms. The molecule has 31 heavy (non-hydrogen) atoms. The predicted octanol–water partition coefficient (Wildman–Crippen LogP) is -0.962. The molecular weight excluding hydrogens is 511 g/mol. The molecule has 0 aliphatic carbocycles. The van der Waals surface area contributed by atoms with Gasteiger partial charge in [0, 0.05) is 6.20 Å². The van der Waals surface area contributed by atoms with Crippen molar-refractivity contribution in [3.8, 4) is 12.3 Å². The van der Waals surface area contributed by atoms with E-state index in [9.17, 15) is 28.5 Å². The number of aliphatic hydroxyl groups is 1. The van der Waals surface area contributed by atoms with Gasteiger partial charge in [-0.2, -0.15) is 13.6 Å². The number of phosphoric acid groups is 3. The minimum atomic E-state index is -5.77. The van der Waals surface area contributed by atoms with Gasteiger partial charge in [-0.1, -0.05) is 5.92 Å². The van der Waals surface area contributed by atoms with Crippen molar-refractivity contribution in [1.82, 2.24) is 9.55 Å². The Morgan fingerprint density at radius 3 is 2.42 bits per heavy atom. The summed E-state index contributed by atoms with van der Waals surface area (Å²) in [6, 6.07) is 1.21. The number of anilines is 1. The van der Waals surface area contributed by atoms with Gasteiger partial charge in [-0.15, -0.1) is 18.0 Å². The molecule has 6 atom stereocenters. The summed E-state index contributed by atoms with van der Waals surface area (Å²) in [7, 11) is -16.9. The number of nitrogens with two attached hydrogens (primary N) is 1. The van der Waals surface area contributed by atoms with Crippen molar-refractivity contribution in [1.29, 1.82) is 0 Å². The van der Waals surface area contributed by atoms with E-state index in [0.29, 0.717) is 0 Å². The summed E-state index contributed by atoms with van der Waals surface area (Å²) in [5.74, 6) is 1.82. The Labute approximate surface area is 178 Å². The Morgan fingerprint density at radius 2 is 1.90 bits per heavy atom. The summed E-state index contributed by atoms with van der Waals surface area (Å²) in [6.45, 7) is -1.19. The van der Waals surface area contributed by atoms with Crippen LogP contribution in [0.2, 0.25) is 0 Å². The minimum absolute atomic E-state index is 0.123. The monoisotopic (exact) mass is 525 g/mol. The van der Waals surface area contributed by atoms with Crippen LogP contribution in [0.1, 0.15) is 6.23 Å². The third-order valence-corrected chi connectivity index (χ3v) is 7.85. The highest BCUT2D eigenvalue weighted by atomic mass is 35.5. The van der Waals surface area contributed by atoms with Crippen LogP contribution >= 0.6 is 35.1 Å². The summed E-state index contributed by atoms with van der Waals surface area (Å²) >= 11 is 6.07. The van der Waals surface area contributed by atoms with Crippen LogP contribution in [0.15, 0.2) is 17.1 Å². The van der Waals surface area contributed by atoms with E-state index in [1.807, 2.05) is 5.92 Å². The number of ether oxygens (including phenoxy) is 1. The number of phosphoric ester groups is 1. The van der Waals surface area contributed by atoms with Crippen molar-refractivity contribution in [2.75, 3.05) is 12.3 Å². The van der Waals surface area contributed by atoms with Gasteiger partial charge in [0.15, 0.2) is 11.8 Å². The molecule has 7 N–H and O–H groups in total. The van der Waals surface area contributed by atoms with Crippen molar-refractivity contribution < 1.29 is 56.3 Å². The van der Waals surface area contributed by atoms with Gasteiger partial charge >= 0.3 is 29.2 Å². The zero-order valence-electron chi connectivity index (χ0n) is 14.9. The first-order valence-corrected chi connectivity index (χ1v) is 12.6. The van der Waals surface area contributed by atoms with E-state index in [1.165, 1.54) is 6.07 Å². The minimum Gasteiger partial charge on any atom is -0.387 e. The molecule has 1 fully saturated rings. The molecule has 0 aromatic carbocycles. The first-order chi connectivity index (χ1) is 14.0. The highest BCUT2D eigenvalue weighted by molar-refractivity contribution is 7.66. The predicted molar refractivity (Wildman–Crippen MR) is 100 cm³/mol. The van der Waals surface area contributed by atoms with E-state index in [-0.39, 0.29) is 5.82 Å². The Kier molecular flexibility index (Phi) is 7.59. The van der Waals surface area contributed by atoms with Gasteiger partial charge in [-0.25, -0.2) is 18.5 Å².